The van der Waals surface area contributed by atoms with Crippen molar-refractivity contribution in [1.82, 2.24) is 4.90 Å². The SMILES string of the molecule is CCC(=O)O[C@@H](CC[C@H](N)[C@H](C[C@H](O)CC)OC)[C@H](C)[C@H](OC)[C@H](C)/C=C/N(C)C=O. The molecule has 0 heterocycles. The molecule has 0 fully saturated rings. The number of ether oxygens (including phenoxy) is 3. The number of carbonyl (C=O) groups excluding carboxylic acids is 2. The molecular weight excluding hydrogens is 400 g/mol. The predicted octanol–water partition coefficient (Wildman–Crippen LogP) is 2.48. The van der Waals surface area contributed by atoms with Crippen molar-refractivity contribution in [2.75, 3.05) is 21.3 Å². The molecule has 0 aromatic rings. The molecule has 0 aromatic heterocycles. The van der Waals surface area contributed by atoms with Crippen LogP contribution in [0.2, 0.25) is 0 Å². The van der Waals surface area contributed by atoms with Gasteiger partial charge < -0.3 is 30.0 Å². The summed E-state index contributed by atoms with van der Waals surface area (Å²) in [6, 6.07) is -0.291. The summed E-state index contributed by atoms with van der Waals surface area (Å²) in [4.78, 5) is 24.3. The molecule has 0 spiro atoms. The number of nitrogens with zero attached hydrogens (tertiary/aromatic N) is 1. The lowest BCUT2D eigenvalue weighted by Crippen LogP contribution is -2.42. The summed E-state index contributed by atoms with van der Waals surface area (Å²) in [5, 5.41) is 9.94. The molecule has 0 aromatic carbocycles. The highest BCUT2D eigenvalue weighted by atomic mass is 16.5. The maximum atomic E-state index is 12.1. The van der Waals surface area contributed by atoms with Crippen molar-refractivity contribution in [2.24, 2.45) is 17.6 Å². The predicted molar refractivity (Wildman–Crippen MR) is 121 cm³/mol. The Balaban J connectivity index is 5.30. The van der Waals surface area contributed by atoms with Gasteiger partial charge in [-0.25, -0.2) is 0 Å². The van der Waals surface area contributed by atoms with E-state index in [0.29, 0.717) is 25.7 Å². The zero-order valence-corrected chi connectivity index (χ0v) is 20.3. The van der Waals surface area contributed by atoms with Gasteiger partial charge in [0.2, 0.25) is 6.41 Å². The number of methoxy groups -OCH3 is 2. The Morgan fingerprint density at radius 2 is 1.77 bits per heavy atom. The Bertz CT molecular complexity index is 530. The van der Waals surface area contributed by atoms with Crippen LogP contribution in [0.25, 0.3) is 0 Å². The lowest BCUT2D eigenvalue weighted by molar-refractivity contribution is -0.155. The second-order valence-electron chi connectivity index (χ2n) is 8.23. The molecule has 0 aliphatic heterocycles. The van der Waals surface area contributed by atoms with E-state index in [1.807, 2.05) is 26.8 Å². The van der Waals surface area contributed by atoms with Crippen LogP contribution < -0.4 is 5.73 Å². The molecule has 0 bridgehead atoms. The van der Waals surface area contributed by atoms with Gasteiger partial charge in [0.1, 0.15) is 6.10 Å². The molecule has 31 heavy (non-hydrogen) atoms. The molecule has 182 valence electrons. The molecule has 1 amide bonds. The van der Waals surface area contributed by atoms with Crippen LogP contribution in [0.4, 0.5) is 0 Å². The number of esters is 1. The van der Waals surface area contributed by atoms with E-state index in [4.69, 9.17) is 19.9 Å². The molecule has 0 aliphatic carbocycles. The van der Waals surface area contributed by atoms with E-state index >= 15 is 0 Å². The number of carbonyl (C=O) groups is 2. The first-order chi connectivity index (χ1) is 14.6. The van der Waals surface area contributed by atoms with Crippen molar-refractivity contribution >= 4 is 12.4 Å². The van der Waals surface area contributed by atoms with Crippen LogP contribution in [0, 0.1) is 11.8 Å². The van der Waals surface area contributed by atoms with Gasteiger partial charge in [-0.15, -0.1) is 0 Å². The molecule has 8 heteroatoms. The molecular formula is C23H44N2O6. The summed E-state index contributed by atoms with van der Waals surface area (Å²) in [5.74, 6) is -0.379. The van der Waals surface area contributed by atoms with Crippen LogP contribution in [0.3, 0.4) is 0 Å². The van der Waals surface area contributed by atoms with Gasteiger partial charge >= 0.3 is 5.97 Å². The molecule has 7 atom stereocenters. The lowest BCUT2D eigenvalue weighted by atomic mass is 9.86. The first kappa shape index (κ1) is 29.5. The van der Waals surface area contributed by atoms with Crippen molar-refractivity contribution in [3.05, 3.63) is 12.3 Å². The summed E-state index contributed by atoms with van der Waals surface area (Å²) in [5.41, 5.74) is 6.35. The van der Waals surface area contributed by atoms with Crippen molar-refractivity contribution < 1.29 is 28.9 Å². The third-order valence-electron chi connectivity index (χ3n) is 5.80. The number of rotatable bonds is 17. The van der Waals surface area contributed by atoms with Crippen LogP contribution in [-0.4, -0.2) is 74.1 Å². The summed E-state index contributed by atoms with van der Waals surface area (Å²) >= 11 is 0. The normalized spacial score (nSPS) is 18.6. The number of nitrogens with two attached hydrogens (primary N) is 1. The summed E-state index contributed by atoms with van der Waals surface area (Å²) in [6.07, 6.45) is 5.52. The summed E-state index contributed by atoms with van der Waals surface area (Å²) in [7, 11) is 4.89. The molecule has 0 saturated carbocycles. The molecule has 0 rings (SSSR count). The van der Waals surface area contributed by atoms with Gasteiger partial charge in [0.15, 0.2) is 0 Å². The number of aliphatic hydroxyl groups is 1. The van der Waals surface area contributed by atoms with E-state index in [-0.39, 0.29) is 48.6 Å². The minimum Gasteiger partial charge on any atom is -0.462 e. The largest absolute Gasteiger partial charge is 0.462 e. The smallest absolute Gasteiger partial charge is 0.305 e. The Morgan fingerprint density at radius 3 is 2.26 bits per heavy atom. The zero-order chi connectivity index (χ0) is 24.0. The minimum atomic E-state index is -0.460. The standard InChI is InChI=1S/C23H44N2O6/c1-8-18(27)14-21(29-6)19(24)10-11-20(31-22(28)9-2)17(4)23(30-7)16(3)12-13-25(5)15-26/h12-13,15-21,23,27H,8-11,14,24H2,1-7H3/b13-12+/t16-,17+,18-,19+,20+,21+,23-/m1/s1. The molecule has 0 saturated heterocycles. The van der Waals surface area contributed by atoms with Gasteiger partial charge in [0.25, 0.3) is 0 Å². The number of amides is 1. The molecule has 0 radical (unpaired) electrons. The van der Waals surface area contributed by atoms with Gasteiger partial charge in [-0.05, 0) is 19.3 Å². The van der Waals surface area contributed by atoms with Crippen molar-refractivity contribution in [1.29, 1.82) is 0 Å². The molecule has 0 aliphatic rings. The molecule has 8 nitrogen and oxygen atoms in total. The van der Waals surface area contributed by atoms with E-state index in [9.17, 15) is 14.7 Å². The topological polar surface area (TPSA) is 111 Å². The Labute approximate surface area is 188 Å². The maximum Gasteiger partial charge on any atom is 0.305 e. The third kappa shape index (κ3) is 11.1. The van der Waals surface area contributed by atoms with Gasteiger partial charge in [-0.3, -0.25) is 9.59 Å². The Kier molecular flexibility index (Phi) is 15.4. The average molecular weight is 445 g/mol. The molecule has 3 N–H and O–H groups in total. The van der Waals surface area contributed by atoms with E-state index < -0.39 is 6.10 Å². The van der Waals surface area contributed by atoms with Crippen LogP contribution in [-0.2, 0) is 23.8 Å². The highest BCUT2D eigenvalue weighted by molar-refractivity contribution is 5.69. The number of hydrogen-bond donors (Lipinski definition) is 2. The van der Waals surface area contributed by atoms with Gasteiger partial charge in [0, 0.05) is 58.2 Å². The van der Waals surface area contributed by atoms with Crippen molar-refractivity contribution in [3.63, 3.8) is 0 Å². The van der Waals surface area contributed by atoms with Gasteiger partial charge in [-0.1, -0.05) is 33.8 Å². The fraction of sp³-hybridized carbons (Fsp3) is 0.826. The number of aliphatic hydroxyl groups excluding tert-OH is 1. The summed E-state index contributed by atoms with van der Waals surface area (Å²) in [6.45, 7) is 7.67. The second kappa shape index (κ2) is 16.2. The zero-order valence-electron chi connectivity index (χ0n) is 20.3. The quantitative estimate of drug-likeness (QED) is 0.262. The van der Waals surface area contributed by atoms with Crippen LogP contribution in [0.1, 0.15) is 59.8 Å². The van der Waals surface area contributed by atoms with E-state index in [2.05, 4.69) is 0 Å². The monoisotopic (exact) mass is 444 g/mol. The van der Waals surface area contributed by atoms with E-state index in [0.717, 1.165) is 6.41 Å². The Morgan fingerprint density at radius 1 is 1.13 bits per heavy atom. The van der Waals surface area contributed by atoms with Crippen LogP contribution >= 0.6 is 0 Å². The van der Waals surface area contributed by atoms with Crippen molar-refractivity contribution in [2.45, 2.75) is 90.3 Å². The highest BCUT2D eigenvalue weighted by Crippen LogP contribution is 2.26. The maximum absolute atomic E-state index is 12.1. The highest BCUT2D eigenvalue weighted by Gasteiger charge is 2.32. The lowest BCUT2D eigenvalue weighted by Gasteiger charge is -2.34. The first-order valence-electron chi connectivity index (χ1n) is 11.2. The van der Waals surface area contributed by atoms with E-state index in [1.165, 1.54) is 4.90 Å². The fourth-order valence-corrected chi connectivity index (χ4v) is 3.64. The fourth-order valence-electron chi connectivity index (χ4n) is 3.64. The van der Waals surface area contributed by atoms with E-state index in [1.54, 1.807) is 34.4 Å². The average Bonchev–Trinajstić information content (AvgIpc) is 2.77. The Hall–Kier alpha value is -1.48. The second-order valence-corrected chi connectivity index (χ2v) is 8.23. The first-order valence-corrected chi connectivity index (χ1v) is 11.2. The number of hydrogen-bond acceptors (Lipinski definition) is 7. The van der Waals surface area contributed by atoms with Gasteiger partial charge in [-0.2, -0.15) is 0 Å². The van der Waals surface area contributed by atoms with Gasteiger partial charge in [0.05, 0.1) is 18.3 Å². The third-order valence-corrected chi connectivity index (χ3v) is 5.80. The van der Waals surface area contributed by atoms with Crippen LogP contribution in [0.5, 0.6) is 0 Å². The minimum absolute atomic E-state index is 0.00896. The summed E-state index contributed by atoms with van der Waals surface area (Å²) < 4.78 is 17.0. The van der Waals surface area contributed by atoms with Crippen LogP contribution in [0.15, 0.2) is 12.3 Å². The van der Waals surface area contributed by atoms with Crippen molar-refractivity contribution in [3.8, 4) is 0 Å². The molecule has 0 unspecified atom stereocenters.